The molecule has 0 radical (unpaired) electrons. The molecule has 0 bridgehead atoms. The standard InChI is InChI=1S/C18H22ClN3OS.2ClH/c1-13-21-14(12-24-13)5-4-8-18(23)22-10-9-20-11-17(22)15-6-2-3-7-16(15)19;;/h2-3,6-7,12,17,20H,4-5,8-11H2,1H3;2*1H. The van der Waals surface area contributed by atoms with E-state index in [1.807, 2.05) is 36.1 Å². The van der Waals surface area contributed by atoms with Gasteiger partial charge in [-0.25, -0.2) is 4.98 Å². The zero-order chi connectivity index (χ0) is 16.9. The Morgan fingerprint density at radius 2 is 2.15 bits per heavy atom. The smallest absolute Gasteiger partial charge is 0.223 e. The molecule has 8 heteroatoms. The molecule has 1 saturated heterocycles. The summed E-state index contributed by atoms with van der Waals surface area (Å²) >= 11 is 8.00. The maximum atomic E-state index is 12.7. The van der Waals surface area contributed by atoms with Crippen molar-refractivity contribution in [3.05, 3.63) is 50.9 Å². The second-order valence-electron chi connectivity index (χ2n) is 6.04. The van der Waals surface area contributed by atoms with Crippen molar-refractivity contribution in [2.45, 2.75) is 32.2 Å². The number of benzene rings is 1. The molecular weight excluding hydrogens is 413 g/mol. The number of halogens is 3. The van der Waals surface area contributed by atoms with Crippen LogP contribution in [0.1, 0.15) is 35.1 Å². The first-order valence-electron chi connectivity index (χ1n) is 8.31. The van der Waals surface area contributed by atoms with E-state index in [9.17, 15) is 4.79 Å². The molecule has 3 rings (SSSR count). The van der Waals surface area contributed by atoms with Crippen LogP contribution in [0.5, 0.6) is 0 Å². The normalized spacial score (nSPS) is 16.5. The lowest BCUT2D eigenvalue weighted by Gasteiger charge is -2.37. The highest BCUT2D eigenvalue weighted by atomic mass is 35.5. The molecular formula is C18H24Cl3N3OS. The lowest BCUT2D eigenvalue weighted by Crippen LogP contribution is -2.48. The van der Waals surface area contributed by atoms with Crippen LogP contribution < -0.4 is 5.32 Å². The number of hydrogen-bond donors (Lipinski definition) is 1. The van der Waals surface area contributed by atoms with Crippen molar-refractivity contribution < 1.29 is 4.79 Å². The summed E-state index contributed by atoms with van der Waals surface area (Å²) in [5.74, 6) is 0.202. The lowest BCUT2D eigenvalue weighted by atomic mass is 10.0. The predicted octanol–water partition coefficient (Wildman–Crippen LogP) is 4.44. The number of rotatable bonds is 5. The first-order chi connectivity index (χ1) is 11.6. The number of carbonyl (C=O) groups excluding carboxylic acids is 1. The van der Waals surface area contributed by atoms with Gasteiger partial charge in [-0.05, 0) is 31.4 Å². The molecule has 1 aromatic carbocycles. The van der Waals surface area contributed by atoms with E-state index >= 15 is 0 Å². The minimum atomic E-state index is 0. The summed E-state index contributed by atoms with van der Waals surface area (Å²) in [7, 11) is 0. The van der Waals surface area contributed by atoms with E-state index in [1.165, 1.54) is 0 Å². The largest absolute Gasteiger partial charge is 0.333 e. The van der Waals surface area contributed by atoms with Crippen LogP contribution in [0, 0.1) is 6.92 Å². The fourth-order valence-corrected chi connectivity index (χ4v) is 4.02. The van der Waals surface area contributed by atoms with Crippen molar-refractivity contribution in [3.63, 3.8) is 0 Å². The van der Waals surface area contributed by atoms with Gasteiger partial charge in [0.25, 0.3) is 0 Å². The number of nitrogens with one attached hydrogen (secondary N) is 1. The molecule has 144 valence electrons. The molecule has 1 aliphatic heterocycles. The first-order valence-corrected chi connectivity index (χ1v) is 9.56. The second-order valence-corrected chi connectivity index (χ2v) is 7.51. The van der Waals surface area contributed by atoms with E-state index in [-0.39, 0.29) is 36.8 Å². The van der Waals surface area contributed by atoms with Crippen molar-refractivity contribution >= 4 is 53.7 Å². The number of nitrogens with zero attached hydrogens (tertiary/aromatic N) is 2. The Balaban J connectivity index is 0.00000169. The van der Waals surface area contributed by atoms with Gasteiger partial charge in [-0.15, -0.1) is 36.2 Å². The van der Waals surface area contributed by atoms with Gasteiger partial charge in [-0.1, -0.05) is 29.8 Å². The summed E-state index contributed by atoms with van der Waals surface area (Å²) in [4.78, 5) is 19.2. The molecule has 1 N–H and O–H groups in total. The van der Waals surface area contributed by atoms with Gasteiger partial charge in [-0.3, -0.25) is 4.79 Å². The van der Waals surface area contributed by atoms with E-state index in [4.69, 9.17) is 11.6 Å². The predicted molar refractivity (Wildman–Crippen MR) is 113 cm³/mol. The van der Waals surface area contributed by atoms with Crippen molar-refractivity contribution in [1.82, 2.24) is 15.2 Å². The summed E-state index contributed by atoms with van der Waals surface area (Å²) in [5.41, 5.74) is 2.11. The molecule has 1 aliphatic rings. The van der Waals surface area contributed by atoms with Crippen LogP contribution >= 0.6 is 47.8 Å². The van der Waals surface area contributed by atoms with Gasteiger partial charge < -0.3 is 10.2 Å². The van der Waals surface area contributed by atoms with Crippen molar-refractivity contribution in [2.75, 3.05) is 19.6 Å². The van der Waals surface area contributed by atoms with Gasteiger partial charge in [0.1, 0.15) is 0 Å². The van der Waals surface area contributed by atoms with Gasteiger partial charge in [0.2, 0.25) is 5.91 Å². The maximum Gasteiger partial charge on any atom is 0.223 e. The number of aryl methyl sites for hydroxylation is 2. The van der Waals surface area contributed by atoms with E-state index in [0.717, 1.165) is 53.8 Å². The van der Waals surface area contributed by atoms with E-state index in [2.05, 4.69) is 15.7 Å². The summed E-state index contributed by atoms with van der Waals surface area (Å²) in [5, 5.41) is 7.25. The molecule has 26 heavy (non-hydrogen) atoms. The highest BCUT2D eigenvalue weighted by Crippen LogP contribution is 2.29. The number of carbonyl (C=O) groups is 1. The zero-order valence-electron chi connectivity index (χ0n) is 14.6. The third kappa shape index (κ3) is 5.83. The minimum Gasteiger partial charge on any atom is -0.333 e. The molecule has 2 aromatic rings. The quantitative estimate of drug-likeness (QED) is 0.753. The average Bonchev–Trinajstić information content (AvgIpc) is 3.00. The monoisotopic (exact) mass is 435 g/mol. The molecule has 0 spiro atoms. The van der Waals surface area contributed by atoms with Crippen LogP contribution in [0.25, 0.3) is 0 Å². The molecule has 0 saturated carbocycles. The molecule has 1 aromatic heterocycles. The fourth-order valence-electron chi connectivity index (χ4n) is 3.11. The van der Waals surface area contributed by atoms with Gasteiger partial charge in [0.15, 0.2) is 0 Å². The fraction of sp³-hybridized carbons (Fsp3) is 0.444. The first kappa shape index (κ1) is 23.2. The van der Waals surface area contributed by atoms with Crippen molar-refractivity contribution in [2.24, 2.45) is 0 Å². The summed E-state index contributed by atoms with van der Waals surface area (Å²) < 4.78 is 0. The van der Waals surface area contributed by atoms with E-state index in [0.29, 0.717) is 6.42 Å². The lowest BCUT2D eigenvalue weighted by molar-refractivity contribution is -0.134. The maximum absolute atomic E-state index is 12.7. The minimum absolute atomic E-state index is 0. The molecule has 4 nitrogen and oxygen atoms in total. The molecule has 2 heterocycles. The Labute approximate surface area is 176 Å². The van der Waals surface area contributed by atoms with Crippen LogP contribution in [0.4, 0.5) is 0 Å². The van der Waals surface area contributed by atoms with Gasteiger partial charge >= 0.3 is 0 Å². The Bertz CT molecular complexity index is 710. The van der Waals surface area contributed by atoms with Crippen LogP contribution in [-0.2, 0) is 11.2 Å². The van der Waals surface area contributed by atoms with Gasteiger partial charge in [0.05, 0.1) is 16.7 Å². The summed E-state index contributed by atoms with van der Waals surface area (Å²) in [6.45, 7) is 4.32. The van der Waals surface area contributed by atoms with Crippen LogP contribution in [0.2, 0.25) is 5.02 Å². The molecule has 1 unspecified atom stereocenters. The van der Waals surface area contributed by atoms with Crippen molar-refractivity contribution in [3.8, 4) is 0 Å². The topological polar surface area (TPSA) is 45.2 Å². The van der Waals surface area contributed by atoms with Gasteiger partial charge in [0, 0.05) is 36.5 Å². The molecule has 1 atom stereocenters. The Morgan fingerprint density at radius 3 is 2.85 bits per heavy atom. The van der Waals surface area contributed by atoms with Crippen molar-refractivity contribution in [1.29, 1.82) is 0 Å². The Kier molecular flexibility index (Phi) is 9.90. The van der Waals surface area contributed by atoms with Crippen LogP contribution in [0.15, 0.2) is 29.6 Å². The number of amides is 1. The zero-order valence-corrected chi connectivity index (χ0v) is 17.8. The average molecular weight is 437 g/mol. The SMILES string of the molecule is Cc1nc(CCCC(=O)N2CCNCC2c2ccccc2Cl)cs1.Cl.Cl. The van der Waals surface area contributed by atoms with E-state index in [1.54, 1.807) is 11.3 Å². The highest BCUT2D eigenvalue weighted by molar-refractivity contribution is 7.09. The Hall–Kier alpha value is -0.850. The number of thiazole rings is 1. The number of hydrogen-bond acceptors (Lipinski definition) is 4. The van der Waals surface area contributed by atoms with Crippen LogP contribution in [-0.4, -0.2) is 35.4 Å². The van der Waals surface area contributed by atoms with Crippen LogP contribution in [0.3, 0.4) is 0 Å². The van der Waals surface area contributed by atoms with Gasteiger partial charge in [-0.2, -0.15) is 0 Å². The third-order valence-electron chi connectivity index (χ3n) is 4.32. The Morgan fingerprint density at radius 1 is 1.38 bits per heavy atom. The molecule has 1 amide bonds. The summed E-state index contributed by atoms with van der Waals surface area (Å²) in [6, 6.07) is 7.81. The highest BCUT2D eigenvalue weighted by Gasteiger charge is 2.28. The number of piperazine rings is 1. The molecule has 1 fully saturated rings. The second kappa shape index (κ2) is 11.1. The third-order valence-corrected chi connectivity index (χ3v) is 5.48. The van der Waals surface area contributed by atoms with E-state index < -0.39 is 0 Å². The molecule has 0 aliphatic carbocycles. The summed E-state index contributed by atoms with van der Waals surface area (Å²) in [6.07, 6.45) is 2.25. The number of aromatic nitrogens is 1.